The van der Waals surface area contributed by atoms with E-state index in [4.69, 9.17) is 10.5 Å². The number of nitrogens with zero attached hydrogens (tertiary/aromatic N) is 1. The minimum atomic E-state index is 0.379. The molecule has 3 nitrogen and oxygen atoms in total. The molecular formula is C15H24N2O. The third-order valence-electron chi connectivity index (χ3n) is 3.92. The van der Waals surface area contributed by atoms with E-state index in [0.717, 1.165) is 18.7 Å². The van der Waals surface area contributed by atoms with Crippen LogP contribution >= 0.6 is 0 Å². The van der Waals surface area contributed by atoms with Gasteiger partial charge in [0.05, 0.1) is 7.11 Å². The summed E-state index contributed by atoms with van der Waals surface area (Å²) in [5, 5.41) is 0. The predicted molar refractivity (Wildman–Crippen MR) is 74.7 cm³/mol. The van der Waals surface area contributed by atoms with Crippen molar-refractivity contribution in [1.82, 2.24) is 4.90 Å². The van der Waals surface area contributed by atoms with Crippen LogP contribution in [0.5, 0.6) is 5.75 Å². The summed E-state index contributed by atoms with van der Waals surface area (Å²) in [5.41, 5.74) is 7.31. The van der Waals surface area contributed by atoms with Gasteiger partial charge >= 0.3 is 0 Å². The minimum absolute atomic E-state index is 0.379. The van der Waals surface area contributed by atoms with Gasteiger partial charge in [-0.25, -0.2) is 0 Å². The SMILES string of the molecule is COc1ccccc1CN(C)C1CCCC(N)C1. The maximum atomic E-state index is 6.06. The molecule has 2 atom stereocenters. The van der Waals surface area contributed by atoms with E-state index in [1.165, 1.54) is 24.8 Å². The summed E-state index contributed by atoms with van der Waals surface area (Å²) in [4.78, 5) is 2.41. The third kappa shape index (κ3) is 3.24. The minimum Gasteiger partial charge on any atom is -0.496 e. The Hall–Kier alpha value is -1.06. The van der Waals surface area contributed by atoms with Crippen LogP contribution in [-0.4, -0.2) is 31.1 Å². The van der Waals surface area contributed by atoms with Crippen molar-refractivity contribution >= 4 is 0 Å². The highest BCUT2D eigenvalue weighted by Crippen LogP contribution is 2.25. The Morgan fingerprint density at radius 2 is 2.11 bits per heavy atom. The molecule has 0 saturated heterocycles. The summed E-state index contributed by atoms with van der Waals surface area (Å²) in [6.45, 7) is 0.932. The molecule has 0 amide bonds. The van der Waals surface area contributed by atoms with Gasteiger partial charge in [0.2, 0.25) is 0 Å². The molecule has 0 heterocycles. The number of para-hydroxylation sites is 1. The fraction of sp³-hybridized carbons (Fsp3) is 0.600. The molecule has 0 bridgehead atoms. The highest BCUT2D eigenvalue weighted by molar-refractivity contribution is 5.33. The highest BCUT2D eigenvalue weighted by Gasteiger charge is 2.23. The Kier molecular flexibility index (Phi) is 4.61. The predicted octanol–water partition coefficient (Wildman–Crippen LogP) is 2.40. The van der Waals surface area contributed by atoms with Crippen LogP contribution in [-0.2, 0) is 6.54 Å². The number of benzene rings is 1. The van der Waals surface area contributed by atoms with E-state index in [1.54, 1.807) is 7.11 Å². The molecule has 0 aromatic heterocycles. The molecule has 2 rings (SSSR count). The first-order valence-corrected chi connectivity index (χ1v) is 6.78. The number of rotatable bonds is 4. The molecule has 1 aliphatic carbocycles. The molecule has 1 aliphatic rings. The summed E-state index contributed by atoms with van der Waals surface area (Å²) < 4.78 is 5.40. The molecule has 1 fully saturated rings. The van der Waals surface area contributed by atoms with Crippen molar-refractivity contribution in [3.63, 3.8) is 0 Å². The van der Waals surface area contributed by atoms with Crippen molar-refractivity contribution in [3.05, 3.63) is 29.8 Å². The van der Waals surface area contributed by atoms with Gasteiger partial charge in [0.15, 0.2) is 0 Å². The van der Waals surface area contributed by atoms with E-state index in [2.05, 4.69) is 24.1 Å². The van der Waals surface area contributed by atoms with E-state index in [9.17, 15) is 0 Å². The van der Waals surface area contributed by atoms with E-state index in [-0.39, 0.29) is 0 Å². The highest BCUT2D eigenvalue weighted by atomic mass is 16.5. The van der Waals surface area contributed by atoms with Crippen molar-refractivity contribution in [1.29, 1.82) is 0 Å². The smallest absolute Gasteiger partial charge is 0.123 e. The second kappa shape index (κ2) is 6.21. The average Bonchev–Trinajstić information content (AvgIpc) is 2.39. The van der Waals surface area contributed by atoms with E-state index < -0.39 is 0 Å². The van der Waals surface area contributed by atoms with Crippen LogP contribution < -0.4 is 10.5 Å². The number of methoxy groups -OCH3 is 1. The summed E-state index contributed by atoms with van der Waals surface area (Å²) in [7, 11) is 3.92. The van der Waals surface area contributed by atoms with Crippen LogP contribution in [0.15, 0.2) is 24.3 Å². The van der Waals surface area contributed by atoms with Crippen LogP contribution in [0.3, 0.4) is 0 Å². The molecule has 3 heteroatoms. The largest absolute Gasteiger partial charge is 0.496 e. The zero-order chi connectivity index (χ0) is 13.0. The van der Waals surface area contributed by atoms with Gasteiger partial charge in [0.25, 0.3) is 0 Å². The summed E-state index contributed by atoms with van der Waals surface area (Å²) in [6, 6.07) is 9.23. The molecule has 18 heavy (non-hydrogen) atoms. The van der Waals surface area contributed by atoms with Gasteiger partial charge in [-0.3, -0.25) is 4.90 Å². The monoisotopic (exact) mass is 248 g/mol. The lowest BCUT2D eigenvalue weighted by Gasteiger charge is -2.34. The summed E-state index contributed by atoms with van der Waals surface area (Å²) in [6.07, 6.45) is 4.81. The molecule has 1 aromatic rings. The molecule has 0 aliphatic heterocycles. The Morgan fingerprint density at radius 1 is 1.33 bits per heavy atom. The molecule has 2 unspecified atom stereocenters. The van der Waals surface area contributed by atoms with Gasteiger partial charge in [-0.1, -0.05) is 24.6 Å². The quantitative estimate of drug-likeness (QED) is 0.889. The molecule has 2 N–H and O–H groups in total. The van der Waals surface area contributed by atoms with Crippen molar-refractivity contribution in [3.8, 4) is 5.75 Å². The second-order valence-electron chi connectivity index (χ2n) is 5.31. The fourth-order valence-corrected chi connectivity index (χ4v) is 2.83. The van der Waals surface area contributed by atoms with Crippen molar-refractivity contribution < 1.29 is 4.74 Å². The Balaban J connectivity index is 1.99. The van der Waals surface area contributed by atoms with Crippen LogP contribution in [0.25, 0.3) is 0 Å². The number of ether oxygens (including phenoxy) is 1. The van der Waals surface area contributed by atoms with Gasteiger partial charge in [-0.2, -0.15) is 0 Å². The van der Waals surface area contributed by atoms with Crippen molar-refractivity contribution in [2.24, 2.45) is 5.73 Å². The molecule has 1 aromatic carbocycles. The van der Waals surface area contributed by atoms with Gasteiger partial charge in [0, 0.05) is 24.2 Å². The molecule has 100 valence electrons. The van der Waals surface area contributed by atoms with Crippen molar-refractivity contribution in [2.45, 2.75) is 44.3 Å². The molecule has 0 spiro atoms. The normalized spacial score (nSPS) is 24.2. The Labute approximate surface area is 110 Å². The van der Waals surface area contributed by atoms with Crippen LogP contribution in [0.1, 0.15) is 31.2 Å². The van der Waals surface area contributed by atoms with Crippen molar-refractivity contribution in [2.75, 3.05) is 14.2 Å². The lowest BCUT2D eigenvalue weighted by molar-refractivity contribution is 0.172. The zero-order valence-corrected chi connectivity index (χ0v) is 11.4. The van der Waals surface area contributed by atoms with Gasteiger partial charge in [-0.15, -0.1) is 0 Å². The molecule has 0 radical (unpaired) electrons. The lowest BCUT2D eigenvalue weighted by atomic mass is 9.90. The maximum absolute atomic E-state index is 6.06. The summed E-state index contributed by atoms with van der Waals surface area (Å²) >= 11 is 0. The van der Waals surface area contributed by atoms with E-state index in [1.807, 2.05) is 12.1 Å². The maximum Gasteiger partial charge on any atom is 0.123 e. The topological polar surface area (TPSA) is 38.5 Å². The molecular weight excluding hydrogens is 224 g/mol. The second-order valence-corrected chi connectivity index (χ2v) is 5.31. The first-order chi connectivity index (χ1) is 8.70. The Bertz CT molecular complexity index is 381. The lowest BCUT2D eigenvalue weighted by Crippen LogP contribution is -2.40. The third-order valence-corrected chi connectivity index (χ3v) is 3.92. The van der Waals surface area contributed by atoms with Crippen LogP contribution in [0.4, 0.5) is 0 Å². The number of hydrogen-bond acceptors (Lipinski definition) is 3. The fourth-order valence-electron chi connectivity index (χ4n) is 2.83. The molecule has 1 saturated carbocycles. The number of hydrogen-bond donors (Lipinski definition) is 1. The zero-order valence-electron chi connectivity index (χ0n) is 11.4. The Morgan fingerprint density at radius 3 is 2.83 bits per heavy atom. The van der Waals surface area contributed by atoms with Gasteiger partial charge in [0.1, 0.15) is 5.75 Å². The first kappa shape index (κ1) is 13.4. The van der Waals surface area contributed by atoms with Gasteiger partial charge < -0.3 is 10.5 Å². The van der Waals surface area contributed by atoms with E-state index >= 15 is 0 Å². The number of nitrogens with two attached hydrogens (primary N) is 1. The van der Waals surface area contributed by atoms with Crippen LogP contribution in [0, 0.1) is 0 Å². The van der Waals surface area contributed by atoms with Crippen LogP contribution in [0.2, 0.25) is 0 Å². The first-order valence-electron chi connectivity index (χ1n) is 6.78. The van der Waals surface area contributed by atoms with Gasteiger partial charge in [-0.05, 0) is 32.4 Å². The van der Waals surface area contributed by atoms with E-state index in [0.29, 0.717) is 12.1 Å². The average molecular weight is 248 g/mol. The standard InChI is InChI=1S/C15H24N2O/c1-17(14-8-5-7-13(16)10-14)11-12-6-3-4-9-15(12)18-2/h3-4,6,9,13-14H,5,7-8,10-11,16H2,1-2H3. The summed E-state index contributed by atoms with van der Waals surface area (Å²) in [5.74, 6) is 0.976.